The Hall–Kier alpha value is -1.39. The van der Waals surface area contributed by atoms with E-state index in [-0.39, 0.29) is 17.3 Å². The largest absolute Gasteiger partial charge is 0.364 e. The van der Waals surface area contributed by atoms with Crippen molar-refractivity contribution < 1.29 is 4.39 Å². The van der Waals surface area contributed by atoms with Crippen LogP contribution in [0, 0.1) is 11.2 Å². The van der Waals surface area contributed by atoms with E-state index in [1.54, 1.807) is 0 Å². The third-order valence-corrected chi connectivity index (χ3v) is 3.65. The summed E-state index contributed by atoms with van der Waals surface area (Å²) in [7, 11) is 0. The molecule has 0 bridgehead atoms. The number of hydrogen-bond acceptors (Lipinski definition) is 4. The summed E-state index contributed by atoms with van der Waals surface area (Å²) in [5.41, 5.74) is 0.190. The van der Waals surface area contributed by atoms with E-state index in [2.05, 4.69) is 34.4 Å². The molecule has 1 atom stereocenters. The molecule has 0 aliphatic heterocycles. The molecule has 4 nitrogen and oxygen atoms in total. The van der Waals surface area contributed by atoms with Crippen molar-refractivity contribution in [3.05, 3.63) is 12.0 Å². The van der Waals surface area contributed by atoms with Crippen molar-refractivity contribution in [1.29, 1.82) is 0 Å². The summed E-state index contributed by atoms with van der Waals surface area (Å²) in [4.78, 5) is 8.09. The molecule has 0 amide bonds. The minimum atomic E-state index is -0.389. The van der Waals surface area contributed by atoms with Gasteiger partial charge in [-0.3, -0.25) is 0 Å². The Kier molecular flexibility index (Phi) is 3.68. The first-order valence-corrected chi connectivity index (χ1v) is 6.56. The van der Waals surface area contributed by atoms with E-state index in [1.165, 1.54) is 12.6 Å². The van der Waals surface area contributed by atoms with Crippen LogP contribution in [0.15, 0.2) is 6.20 Å². The topological polar surface area (TPSA) is 49.8 Å². The molecule has 0 aromatic carbocycles. The van der Waals surface area contributed by atoms with Crippen LogP contribution in [-0.4, -0.2) is 22.6 Å². The second-order valence-corrected chi connectivity index (χ2v) is 5.50. The molecule has 1 aliphatic carbocycles. The number of anilines is 2. The number of halogens is 1. The number of hydrogen-bond donors (Lipinski definition) is 2. The molecule has 1 aliphatic rings. The summed E-state index contributed by atoms with van der Waals surface area (Å²) < 4.78 is 13.7. The van der Waals surface area contributed by atoms with Gasteiger partial charge in [0.25, 0.3) is 0 Å². The highest BCUT2D eigenvalue weighted by atomic mass is 19.1. The van der Waals surface area contributed by atoms with Gasteiger partial charge in [-0.2, -0.15) is 4.98 Å². The highest BCUT2D eigenvalue weighted by molar-refractivity contribution is 5.42. The summed E-state index contributed by atoms with van der Waals surface area (Å²) in [6.45, 7) is 7.10. The monoisotopic (exact) mass is 252 g/mol. The van der Waals surface area contributed by atoms with Gasteiger partial charge in [-0.15, -0.1) is 0 Å². The Morgan fingerprint density at radius 3 is 2.89 bits per heavy atom. The first kappa shape index (κ1) is 13.1. The molecule has 0 radical (unpaired) electrons. The quantitative estimate of drug-likeness (QED) is 0.864. The van der Waals surface area contributed by atoms with Crippen LogP contribution in [0.25, 0.3) is 0 Å². The Morgan fingerprint density at radius 1 is 1.50 bits per heavy atom. The van der Waals surface area contributed by atoms with Gasteiger partial charge < -0.3 is 10.6 Å². The minimum Gasteiger partial charge on any atom is -0.364 e. The second kappa shape index (κ2) is 5.08. The Morgan fingerprint density at radius 2 is 2.28 bits per heavy atom. The van der Waals surface area contributed by atoms with E-state index in [0.29, 0.717) is 11.8 Å². The number of aromatic nitrogens is 2. The third-order valence-electron chi connectivity index (χ3n) is 3.65. The summed E-state index contributed by atoms with van der Waals surface area (Å²) >= 11 is 0. The van der Waals surface area contributed by atoms with Crippen molar-refractivity contribution in [3.8, 4) is 0 Å². The standard InChI is InChI=1S/C13H21FN4/c1-4-15-12-16-8-9(14)11(18-12)17-10-6-5-7-13(10,2)3/h8,10H,4-7H2,1-3H3,(H2,15,16,17,18). The average Bonchev–Trinajstić information content (AvgIpc) is 2.63. The van der Waals surface area contributed by atoms with E-state index in [0.717, 1.165) is 19.4 Å². The van der Waals surface area contributed by atoms with Crippen LogP contribution in [0.3, 0.4) is 0 Å². The van der Waals surface area contributed by atoms with E-state index in [4.69, 9.17) is 0 Å². The smallest absolute Gasteiger partial charge is 0.224 e. The molecule has 5 heteroatoms. The molecule has 1 aromatic heterocycles. The molecule has 100 valence electrons. The van der Waals surface area contributed by atoms with Crippen molar-refractivity contribution in [2.75, 3.05) is 17.2 Å². The summed E-state index contributed by atoms with van der Waals surface area (Å²) in [6, 6.07) is 0.274. The average molecular weight is 252 g/mol. The number of rotatable bonds is 4. The molecular weight excluding hydrogens is 231 g/mol. The van der Waals surface area contributed by atoms with Gasteiger partial charge in [0.15, 0.2) is 11.6 Å². The lowest BCUT2D eigenvalue weighted by molar-refractivity contribution is 0.348. The predicted molar refractivity (Wildman–Crippen MR) is 71.2 cm³/mol. The van der Waals surface area contributed by atoms with Crippen molar-refractivity contribution in [1.82, 2.24) is 9.97 Å². The molecule has 1 aromatic rings. The predicted octanol–water partition coefficient (Wildman–Crippen LogP) is 3.04. The summed E-state index contributed by atoms with van der Waals surface area (Å²) in [6.07, 6.45) is 4.62. The molecule has 1 unspecified atom stereocenters. The highest BCUT2D eigenvalue weighted by Gasteiger charge is 2.35. The number of nitrogens with zero attached hydrogens (tertiary/aromatic N) is 2. The SMILES string of the molecule is CCNc1ncc(F)c(NC2CCCC2(C)C)n1. The van der Waals surface area contributed by atoms with Gasteiger partial charge in [0, 0.05) is 12.6 Å². The molecule has 1 fully saturated rings. The zero-order chi connectivity index (χ0) is 13.2. The highest BCUT2D eigenvalue weighted by Crippen LogP contribution is 2.39. The summed E-state index contributed by atoms with van der Waals surface area (Å²) in [5, 5.41) is 6.22. The fraction of sp³-hybridized carbons (Fsp3) is 0.692. The zero-order valence-corrected chi connectivity index (χ0v) is 11.3. The first-order chi connectivity index (χ1) is 8.53. The maximum atomic E-state index is 13.7. The van der Waals surface area contributed by atoms with Crippen molar-refractivity contribution >= 4 is 11.8 Å². The maximum absolute atomic E-state index is 13.7. The molecule has 1 heterocycles. The van der Waals surface area contributed by atoms with Gasteiger partial charge in [0.05, 0.1) is 6.20 Å². The van der Waals surface area contributed by atoms with Crippen LogP contribution in [0.5, 0.6) is 0 Å². The molecule has 0 saturated heterocycles. The first-order valence-electron chi connectivity index (χ1n) is 6.56. The van der Waals surface area contributed by atoms with Crippen molar-refractivity contribution in [2.24, 2.45) is 5.41 Å². The van der Waals surface area contributed by atoms with Crippen LogP contribution in [0.2, 0.25) is 0 Å². The minimum absolute atomic E-state index is 0.190. The summed E-state index contributed by atoms with van der Waals surface area (Å²) in [5.74, 6) is 0.387. The van der Waals surface area contributed by atoms with E-state index < -0.39 is 0 Å². The molecule has 2 N–H and O–H groups in total. The van der Waals surface area contributed by atoms with Crippen LogP contribution in [-0.2, 0) is 0 Å². The van der Waals surface area contributed by atoms with Crippen molar-refractivity contribution in [2.45, 2.75) is 46.1 Å². The van der Waals surface area contributed by atoms with E-state index in [9.17, 15) is 4.39 Å². The van der Waals surface area contributed by atoms with Crippen molar-refractivity contribution in [3.63, 3.8) is 0 Å². The van der Waals surface area contributed by atoms with Gasteiger partial charge in [-0.25, -0.2) is 9.37 Å². The third kappa shape index (κ3) is 2.71. The van der Waals surface area contributed by atoms with Gasteiger partial charge >= 0.3 is 0 Å². The maximum Gasteiger partial charge on any atom is 0.224 e. The molecule has 18 heavy (non-hydrogen) atoms. The lowest BCUT2D eigenvalue weighted by Crippen LogP contribution is -2.31. The van der Waals surface area contributed by atoms with Gasteiger partial charge in [-0.1, -0.05) is 20.3 Å². The van der Waals surface area contributed by atoms with E-state index >= 15 is 0 Å². The van der Waals surface area contributed by atoms with Gasteiger partial charge in [-0.05, 0) is 25.2 Å². The van der Waals surface area contributed by atoms with Gasteiger partial charge in [0.1, 0.15) is 0 Å². The van der Waals surface area contributed by atoms with Crippen LogP contribution >= 0.6 is 0 Å². The second-order valence-electron chi connectivity index (χ2n) is 5.50. The molecule has 1 saturated carbocycles. The van der Waals surface area contributed by atoms with Crippen LogP contribution in [0.1, 0.15) is 40.0 Å². The van der Waals surface area contributed by atoms with Crippen LogP contribution < -0.4 is 10.6 Å². The van der Waals surface area contributed by atoms with Gasteiger partial charge in [0.2, 0.25) is 5.95 Å². The van der Waals surface area contributed by atoms with Crippen LogP contribution in [0.4, 0.5) is 16.2 Å². The lowest BCUT2D eigenvalue weighted by Gasteiger charge is -2.28. The fourth-order valence-electron chi connectivity index (χ4n) is 2.47. The Balaban J connectivity index is 2.15. The number of nitrogens with one attached hydrogen (secondary N) is 2. The molecule has 2 rings (SSSR count). The normalized spacial score (nSPS) is 21.9. The fourth-order valence-corrected chi connectivity index (χ4v) is 2.47. The molecular formula is C13H21FN4. The zero-order valence-electron chi connectivity index (χ0n) is 11.3. The van der Waals surface area contributed by atoms with E-state index in [1.807, 2.05) is 6.92 Å². The molecule has 0 spiro atoms. The lowest BCUT2D eigenvalue weighted by atomic mass is 9.87. The Labute approximate surface area is 107 Å². The Bertz CT molecular complexity index is 419.